The van der Waals surface area contributed by atoms with Gasteiger partial charge in [-0.15, -0.1) is 0 Å². The topological polar surface area (TPSA) is 33.7 Å². The molecule has 1 aliphatic rings. The monoisotopic (exact) mass is 244 g/mol. The van der Waals surface area contributed by atoms with Crippen molar-refractivity contribution in [3.8, 4) is 0 Å². The van der Waals surface area contributed by atoms with Crippen LogP contribution in [0.4, 0.5) is 0 Å². The Morgan fingerprint density at radius 1 is 1.35 bits per heavy atom. The highest BCUT2D eigenvalue weighted by Crippen LogP contribution is 2.15. The first-order valence-electron chi connectivity index (χ1n) is 6.68. The van der Waals surface area contributed by atoms with Gasteiger partial charge in [0, 0.05) is 39.4 Å². The molecule has 1 saturated heterocycles. The predicted octanol–water partition coefficient (Wildman–Crippen LogP) is 1.11. The molecule has 0 aromatic heterocycles. The average Bonchev–Trinajstić information content (AvgIpc) is 2.57. The maximum absolute atomic E-state index is 5.60. The molecule has 1 rings (SSSR count). The molecule has 0 aromatic carbocycles. The van der Waals surface area contributed by atoms with E-state index in [0.29, 0.717) is 6.04 Å². The van der Waals surface area contributed by atoms with E-state index in [1.807, 2.05) is 0 Å². The van der Waals surface area contributed by atoms with Crippen molar-refractivity contribution in [1.82, 2.24) is 10.2 Å². The summed E-state index contributed by atoms with van der Waals surface area (Å²) in [6, 6.07) is 0.357. The van der Waals surface area contributed by atoms with Crippen molar-refractivity contribution in [2.45, 2.75) is 38.8 Å². The van der Waals surface area contributed by atoms with E-state index >= 15 is 0 Å². The number of hydrogen-bond acceptors (Lipinski definition) is 4. The van der Waals surface area contributed by atoms with E-state index < -0.39 is 0 Å². The minimum Gasteiger partial charge on any atom is -0.380 e. The molecule has 4 heteroatoms. The molecular formula is C13H28N2O2. The molecule has 0 radical (unpaired) electrons. The van der Waals surface area contributed by atoms with Crippen LogP contribution in [0.15, 0.2) is 0 Å². The van der Waals surface area contributed by atoms with Crippen molar-refractivity contribution >= 4 is 0 Å². The fraction of sp³-hybridized carbons (Fsp3) is 1.00. The Morgan fingerprint density at radius 3 is 2.76 bits per heavy atom. The van der Waals surface area contributed by atoms with Gasteiger partial charge in [0.15, 0.2) is 0 Å². The normalized spacial score (nSPS) is 21.2. The van der Waals surface area contributed by atoms with Crippen LogP contribution >= 0.6 is 0 Å². The van der Waals surface area contributed by atoms with Crippen molar-refractivity contribution in [2.75, 3.05) is 46.5 Å². The van der Waals surface area contributed by atoms with Crippen LogP contribution in [0.3, 0.4) is 0 Å². The van der Waals surface area contributed by atoms with Gasteiger partial charge in [0.05, 0.1) is 12.2 Å². The Balaban J connectivity index is 2.52. The molecule has 0 saturated carbocycles. The second kappa shape index (κ2) is 7.31. The lowest BCUT2D eigenvalue weighted by Gasteiger charge is -2.37. The summed E-state index contributed by atoms with van der Waals surface area (Å²) in [5.41, 5.74) is -0.136. The van der Waals surface area contributed by atoms with Crippen molar-refractivity contribution in [2.24, 2.45) is 0 Å². The Bertz CT molecular complexity index is 202. The summed E-state index contributed by atoms with van der Waals surface area (Å²) < 4.78 is 11.1. The number of ether oxygens (including phenoxy) is 2. The molecule has 0 spiro atoms. The summed E-state index contributed by atoms with van der Waals surface area (Å²) in [6.45, 7) is 12.3. The highest BCUT2D eigenvalue weighted by molar-refractivity contribution is 4.88. The largest absolute Gasteiger partial charge is 0.380 e. The van der Waals surface area contributed by atoms with E-state index in [0.717, 1.165) is 45.8 Å². The number of methoxy groups -OCH3 is 1. The summed E-state index contributed by atoms with van der Waals surface area (Å²) in [7, 11) is 1.79. The van der Waals surface area contributed by atoms with Crippen LogP contribution in [0.5, 0.6) is 0 Å². The van der Waals surface area contributed by atoms with Crippen molar-refractivity contribution < 1.29 is 9.47 Å². The number of nitrogens with one attached hydrogen (secondary N) is 1. The Hall–Kier alpha value is -0.160. The molecule has 1 atom stereocenters. The summed E-state index contributed by atoms with van der Waals surface area (Å²) in [5, 5.41) is 3.53. The Labute approximate surface area is 106 Å². The third kappa shape index (κ3) is 4.92. The third-order valence-electron chi connectivity index (χ3n) is 3.57. The first-order chi connectivity index (χ1) is 8.10. The standard InChI is InChI=1S/C13H28N2O2/c1-5-14-12(13(2,3)16-4)11-15-7-6-9-17-10-8-15/h12,14H,5-11H2,1-4H3. The van der Waals surface area contributed by atoms with Gasteiger partial charge in [-0.05, 0) is 26.8 Å². The predicted molar refractivity (Wildman–Crippen MR) is 70.4 cm³/mol. The summed E-state index contributed by atoms with van der Waals surface area (Å²) in [4.78, 5) is 2.47. The van der Waals surface area contributed by atoms with Gasteiger partial charge >= 0.3 is 0 Å². The molecule has 1 aliphatic heterocycles. The molecule has 0 aliphatic carbocycles. The molecule has 1 fully saturated rings. The summed E-state index contributed by atoms with van der Waals surface area (Å²) >= 11 is 0. The fourth-order valence-electron chi connectivity index (χ4n) is 2.16. The van der Waals surface area contributed by atoms with E-state index in [9.17, 15) is 0 Å². The minimum atomic E-state index is -0.136. The van der Waals surface area contributed by atoms with Crippen LogP contribution in [0.25, 0.3) is 0 Å². The van der Waals surface area contributed by atoms with Gasteiger partial charge in [0.2, 0.25) is 0 Å². The lowest BCUT2D eigenvalue weighted by molar-refractivity contribution is -0.0195. The maximum Gasteiger partial charge on any atom is 0.0787 e. The molecule has 1 N–H and O–H groups in total. The molecule has 0 amide bonds. The SMILES string of the molecule is CCNC(CN1CCCOCC1)C(C)(C)OC. The van der Waals surface area contributed by atoms with Gasteiger partial charge in [-0.2, -0.15) is 0 Å². The van der Waals surface area contributed by atoms with Gasteiger partial charge in [-0.1, -0.05) is 6.92 Å². The van der Waals surface area contributed by atoms with E-state index in [2.05, 4.69) is 31.0 Å². The van der Waals surface area contributed by atoms with Crippen LogP contribution in [0, 0.1) is 0 Å². The first-order valence-corrected chi connectivity index (χ1v) is 6.68. The number of hydrogen-bond donors (Lipinski definition) is 1. The summed E-state index contributed by atoms with van der Waals surface area (Å²) in [5.74, 6) is 0. The minimum absolute atomic E-state index is 0.136. The zero-order chi connectivity index (χ0) is 12.7. The molecule has 102 valence electrons. The van der Waals surface area contributed by atoms with Crippen LogP contribution in [-0.4, -0.2) is 63.0 Å². The van der Waals surface area contributed by atoms with Crippen LogP contribution in [-0.2, 0) is 9.47 Å². The van der Waals surface area contributed by atoms with Crippen molar-refractivity contribution in [1.29, 1.82) is 0 Å². The molecule has 1 heterocycles. The Morgan fingerprint density at radius 2 is 2.12 bits per heavy atom. The molecular weight excluding hydrogens is 216 g/mol. The lowest BCUT2D eigenvalue weighted by Crippen LogP contribution is -2.54. The average molecular weight is 244 g/mol. The van der Waals surface area contributed by atoms with Gasteiger partial charge in [0.1, 0.15) is 0 Å². The van der Waals surface area contributed by atoms with Crippen LogP contribution in [0.1, 0.15) is 27.2 Å². The quantitative estimate of drug-likeness (QED) is 0.759. The van der Waals surface area contributed by atoms with E-state index in [1.165, 1.54) is 0 Å². The Kier molecular flexibility index (Phi) is 6.41. The zero-order valence-corrected chi connectivity index (χ0v) is 11.8. The van der Waals surface area contributed by atoms with Crippen molar-refractivity contribution in [3.05, 3.63) is 0 Å². The van der Waals surface area contributed by atoms with E-state index in [1.54, 1.807) is 7.11 Å². The zero-order valence-electron chi connectivity index (χ0n) is 11.8. The van der Waals surface area contributed by atoms with Gasteiger partial charge < -0.3 is 14.8 Å². The molecule has 17 heavy (non-hydrogen) atoms. The fourth-order valence-corrected chi connectivity index (χ4v) is 2.16. The smallest absolute Gasteiger partial charge is 0.0787 e. The molecule has 0 aromatic rings. The maximum atomic E-state index is 5.60. The van der Waals surface area contributed by atoms with E-state index in [-0.39, 0.29) is 5.60 Å². The van der Waals surface area contributed by atoms with Gasteiger partial charge in [-0.3, -0.25) is 4.90 Å². The number of likely N-dealkylation sites (N-methyl/N-ethyl adjacent to an activating group) is 1. The summed E-state index contributed by atoms with van der Waals surface area (Å²) in [6.07, 6.45) is 1.13. The first kappa shape index (κ1) is 14.9. The molecule has 1 unspecified atom stereocenters. The van der Waals surface area contributed by atoms with Gasteiger partial charge in [0.25, 0.3) is 0 Å². The number of nitrogens with zero attached hydrogens (tertiary/aromatic N) is 1. The highest BCUT2D eigenvalue weighted by Gasteiger charge is 2.30. The van der Waals surface area contributed by atoms with Crippen LogP contribution in [0.2, 0.25) is 0 Å². The lowest BCUT2D eigenvalue weighted by atomic mass is 9.97. The second-order valence-electron chi connectivity index (χ2n) is 5.18. The van der Waals surface area contributed by atoms with Gasteiger partial charge in [-0.25, -0.2) is 0 Å². The number of rotatable bonds is 6. The second-order valence-corrected chi connectivity index (χ2v) is 5.18. The third-order valence-corrected chi connectivity index (χ3v) is 3.57. The molecule has 4 nitrogen and oxygen atoms in total. The van der Waals surface area contributed by atoms with E-state index in [4.69, 9.17) is 9.47 Å². The highest BCUT2D eigenvalue weighted by atomic mass is 16.5. The molecule has 0 bridgehead atoms. The van der Waals surface area contributed by atoms with Crippen LogP contribution < -0.4 is 5.32 Å². The van der Waals surface area contributed by atoms with Crippen molar-refractivity contribution in [3.63, 3.8) is 0 Å².